The van der Waals surface area contributed by atoms with Crippen molar-refractivity contribution in [1.29, 1.82) is 0 Å². The molecule has 2 aliphatic rings. The Bertz CT molecular complexity index is 601. The summed E-state index contributed by atoms with van der Waals surface area (Å²) >= 11 is 0. The lowest BCUT2D eigenvalue weighted by Gasteiger charge is -2.40. The fourth-order valence-corrected chi connectivity index (χ4v) is 4.84. The second-order valence-electron chi connectivity index (χ2n) is 8.62. The zero-order chi connectivity index (χ0) is 19.9. The van der Waals surface area contributed by atoms with Crippen molar-refractivity contribution in [2.75, 3.05) is 6.61 Å². The minimum absolute atomic E-state index is 0.232. The van der Waals surface area contributed by atoms with Gasteiger partial charge in [-0.15, -0.1) is 0 Å². The zero-order valence-corrected chi connectivity index (χ0v) is 17.2. The molecule has 5 heteroatoms. The first kappa shape index (κ1) is 21.0. The van der Waals surface area contributed by atoms with Gasteiger partial charge >= 0.3 is 6.03 Å². The lowest BCUT2D eigenvalue weighted by atomic mass is 9.85. The maximum atomic E-state index is 12.2. The first-order chi connectivity index (χ1) is 13.5. The predicted octanol–water partition coefficient (Wildman–Crippen LogP) is 4.78. The molecule has 0 heterocycles. The number of aliphatic hydroxyl groups is 1. The molecule has 0 radical (unpaired) electrons. The van der Waals surface area contributed by atoms with E-state index >= 15 is 0 Å². The third kappa shape index (κ3) is 5.63. The van der Waals surface area contributed by atoms with Gasteiger partial charge in [0.05, 0.1) is 12.7 Å². The summed E-state index contributed by atoms with van der Waals surface area (Å²) in [4.78, 5) is 14.2. The van der Waals surface area contributed by atoms with Crippen molar-refractivity contribution in [2.45, 2.75) is 89.3 Å². The Kier molecular flexibility index (Phi) is 7.60. The van der Waals surface area contributed by atoms with Crippen LogP contribution in [0.25, 0.3) is 0 Å². The average molecular weight is 389 g/mol. The van der Waals surface area contributed by atoms with Crippen molar-refractivity contribution in [3.05, 3.63) is 29.8 Å². The molecule has 2 aliphatic carbocycles. The van der Waals surface area contributed by atoms with Gasteiger partial charge in [0.2, 0.25) is 0 Å². The van der Waals surface area contributed by atoms with Gasteiger partial charge < -0.3 is 20.5 Å². The lowest BCUT2D eigenvalue weighted by molar-refractivity contribution is 0.0996. The molecule has 2 fully saturated rings. The predicted molar refractivity (Wildman–Crippen MR) is 111 cm³/mol. The van der Waals surface area contributed by atoms with Gasteiger partial charge in [-0.05, 0) is 69.1 Å². The highest BCUT2D eigenvalue weighted by molar-refractivity contribution is 5.72. The van der Waals surface area contributed by atoms with Crippen LogP contribution < -0.4 is 10.5 Å². The second kappa shape index (κ2) is 10.1. The van der Waals surface area contributed by atoms with Gasteiger partial charge in [-0.3, -0.25) is 0 Å². The molecule has 0 aromatic heterocycles. The van der Waals surface area contributed by atoms with Crippen LogP contribution in [-0.4, -0.2) is 34.7 Å². The van der Waals surface area contributed by atoms with Gasteiger partial charge in [0.15, 0.2) is 0 Å². The first-order valence-electron chi connectivity index (χ1n) is 11.0. The molecule has 5 nitrogen and oxygen atoms in total. The Labute approximate surface area is 169 Å². The average Bonchev–Trinajstić information content (AvgIpc) is 2.97. The molecular formula is C23H36N2O3. The standard InChI is InChI=1S/C23H36N2O3/c1-17(26)19-10-14-22(15-11-19)28-16-18-8-12-21(13-9-18)25(23(24)27)20-6-4-2-3-5-7-20/h10-11,14-15,17-18,20-21,26H,2-9,12-13,16H2,1H3,(H2,24,27)/t17?,18-,21-. The SMILES string of the molecule is CC(O)c1ccc(OC[C@H]2CC[C@H](N(C(N)=O)C3CCCCCC3)CC2)cc1. The van der Waals surface area contributed by atoms with Crippen molar-refractivity contribution in [3.8, 4) is 5.75 Å². The number of nitrogens with two attached hydrogens (primary N) is 1. The van der Waals surface area contributed by atoms with Crippen LogP contribution in [0.2, 0.25) is 0 Å². The summed E-state index contributed by atoms with van der Waals surface area (Å²) in [5.41, 5.74) is 6.70. The fourth-order valence-electron chi connectivity index (χ4n) is 4.84. The molecule has 0 spiro atoms. The van der Waals surface area contributed by atoms with Crippen LogP contribution in [0.1, 0.15) is 82.8 Å². The van der Waals surface area contributed by atoms with E-state index in [9.17, 15) is 9.90 Å². The monoisotopic (exact) mass is 388 g/mol. The van der Waals surface area contributed by atoms with E-state index in [1.807, 2.05) is 29.2 Å². The number of urea groups is 1. The Balaban J connectivity index is 1.48. The number of ether oxygens (including phenoxy) is 1. The van der Waals surface area contributed by atoms with E-state index in [0.29, 0.717) is 24.6 Å². The molecule has 1 aromatic rings. The summed E-state index contributed by atoms with van der Waals surface area (Å²) in [5, 5.41) is 9.59. The Morgan fingerprint density at radius 1 is 1.04 bits per heavy atom. The van der Waals surface area contributed by atoms with E-state index in [-0.39, 0.29) is 6.03 Å². The van der Waals surface area contributed by atoms with Crippen LogP contribution in [0, 0.1) is 5.92 Å². The van der Waals surface area contributed by atoms with Crippen molar-refractivity contribution in [2.24, 2.45) is 11.7 Å². The number of carbonyl (C=O) groups excluding carboxylic acids is 1. The molecule has 0 bridgehead atoms. The second-order valence-corrected chi connectivity index (χ2v) is 8.62. The minimum atomic E-state index is -0.453. The van der Waals surface area contributed by atoms with Crippen LogP contribution in [0.4, 0.5) is 4.79 Å². The molecular weight excluding hydrogens is 352 g/mol. The first-order valence-corrected chi connectivity index (χ1v) is 11.0. The lowest BCUT2D eigenvalue weighted by Crippen LogP contribution is -2.51. The molecule has 1 unspecified atom stereocenters. The number of hydrogen-bond acceptors (Lipinski definition) is 3. The third-order valence-corrected chi connectivity index (χ3v) is 6.53. The van der Waals surface area contributed by atoms with Crippen LogP contribution in [0.5, 0.6) is 5.75 Å². The summed E-state index contributed by atoms with van der Waals surface area (Å²) in [6.45, 7) is 2.47. The van der Waals surface area contributed by atoms with E-state index in [1.54, 1.807) is 6.92 Å². The van der Waals surface area contributed by atoms with Gasteiger partial charge in [-0.2, -0.15) is 0 Å². The van der Waals surface area contributed by atoms with E-state index in [2.05, 4.69) is 0 Å². The third-order valence-electron chi connectivity index (χ3n) is 6.53. The minimum Gasteiger partial charge on any atom is -0.493 e. The molecule has 2 saturated carbocycles. The number of hydrogen-bond donors (Lipinski definition) is 2. The fraction of sp³-hybridized carbons (Fsp3) is 0.696. The van der Waals surface area contributed by atoms with E-state index in [0.717, 1.165) is 49.8 Å². The van der Waals surface area contributed by atoms with Crippen molar-refractivity contribution >= 4 is 6.03 Å². The number of amides is 2. The molecule has 3 N–H and O–H groups in total. The van der Waals surface area contributed by atoms with Gasteiger partial charge in [-0.25, -0.2) is 4.79 Å². The molecule has 2 amide bonds. The van der Waals surface area contributed by atoms with Crippen molar-refractivity contribution in [3.63, 3.8) is 0 Å². The molecule has 0 saturated heterocycles. The molecule has 28 heavy (non-hydrogen) atoms. The van der Waals surface area contributed by atoms with Crippen LogP contribution in [0.3, 0.4) is 0 Å². The van der Waals surface area contributed by atoms with Gasteiger partial charge in [0.25, 0.3) is 0 Å². The largest absolute Gasteiger partial charge is 0.493 e. The van der Waals surface area contributed by atoms with E-state index < -0.39 is 6.10 Å². The number of primary amides is 1. The normalized spacial score (nSPS) is 24.9. The molecule has 1 aromatic carbocycles. The molecule has 3 rings (SSSR count). The Morgan fingerprint density at radius 2 is 1.61 bits per heavy atom. The van der Waals surface area contributed by atoms with Crippen LogP contribution >= 0.6 is 0 Å². The highest BCUT2D eigenvalue weighted by Crippen LogP contribution is 2.32. The number of aliphatic hydroxyl groups excluding tert-OH is 1. The topological polar surface area (TPSA) is 75.8 Å². The Hall–Kier alpha value is -1.75. The summed E-state index contributed by atoms with van der Waals surface area (Å²) in [5.74, 6) is 1.38. The van der Waals surface area contributed by atoms with Gasteiger partial charge in [0, 0.05) is 12.1 Å². The maximum absolute atomic E-state index is 12.2. The maximum Gasteiger partial charge on any atom is 0.315 e. The molecule has 156 valence electrons. The number of benzene rings is 1. The highest BCUT2D eigenvalue weighted by atomic mass is 16.5. The summed E-state index contributed by atoms with van der Waals surface area (Å²) in [7, 11) is 0. The quantitative estimate of drug-likeness (QED) is 0.689. The summed E-state index contributed by atoms with van der Waals surface area (Å²) in [6.07, 6.45) is 10.9. The Morgan fingerprint density at radius 3 is 2.14 bits per heavy atom. The van der Waals surface area contributed by atoms with Crippen molar-refractivity contribution in [1.82, 2.24) is 4.90 Å². The number of nitrogens with zero attached hydrogens (tertiary/aromatic N) is 1. The van der Waals surface area contributed by atoms with E-state index in [4.69, 9.17) is 10.5 Å². The number of rotatable bonds is 6. The zero-order valence-electron chi connectivity index (χ0n) is 17.2. The highest BCUT2D eigenvalue weighted by Gasteiger charge is 2.33. The van der Waals surface area contributed by atoms with Gasteiger partial charge in [-0.1, -0.05) is 37.8 Å². The summed E-state index contributed by atoms with van der Waals surface area (Å²) < 4.78 is 5.97. The molecule has 1 atom stereocenters. The summed E-state index contributed by atoms with van der Waals surface area (Å²) in [6, 6.07) is 8.07. The number of carbonyl (C=O) groups is 1. The van der Waals surface area contributed by atoms with Crippen molar-refractivity contribution < 1.29 is 14.6 Å². The van der Waals surface area contributed by atoms with E-state index in [1.165, 1.54) is 25.7 Å². The molecule has 0 aliphatic heterocycles. The smallest absolute Gasteiger partial charge is 0.315 e. The van der Waals surface area contributed by atoms with Crippen LogP contribution in [0.15, 0.2) is 24.3 Å². The van der Waals surface area contributed by atoms with Gasteiger partial charge in [0.1, 0.15) is 5.75 Å². The van der Waals surface area contributed by atoms with Crippen LogP contribution in [-0.2, 0) is 0 Å².